The first-order valence-corrected chi connectivity index (χ1v) is 7.67. The van der Waals surface area contributed by atoms with E-state index in [4.69, 9.17) is 9.26 Å². The highest BCUT2D eigenvalue weighted by Crippen LogP contribution is 2.25. The van der Waals surface area contributed by atoms with Gasteiger partial charge in [-0.25, -0.2) is 4.98 Å². The summed E-state index contributed by atoms with van der Waals surface area (Å²) in [7, 11) is 1.95. The molecule has 0 fully saturated rings. The molecule has 0 aliphatic rings. The van der Waals surface area contributed by atoms with Crippen LogP contribution < -0.4 is 4.74 Å². The van der Waals surface area contributed by atoms with Gasteiger partial charge in [0.2, 0.25) is 5.82 Å². The van der Waals surface area contributed by atoms with Gasteiger partial charge in [-0.1, -0.05) is 23.4 Å². The first-order valence-electron chi connectivity index (χ1n) is 7.67. The molecular formula is C18H16N4O2. The van der Waals surface area contributed by atoms with Crippen LogP contribution in [0.15, 0.2) is 59.4 Å². The van der Waals surface area contributed by atoms with Crippen molar-refractivity contribution in [1.82, 2.24) is 19.7 Å². The highest BCUT2D eigenvalue weighted by atomic mass is 16.5. The standard InChI is InChI=1S/C18H16N4O2/c1-12(23-14-6-4-3-5-7-14)18-20-17(21-24-18)13-8-9-15-16(10-13)22(2)11-19-15/h3-12H,1-2H3. The smallest absolute Gasteiger partial charge is 0.267 e. The average molecular weight is 320 g/mol. The van der Waals surface area contributed by atoms with Crippen LogP contribution in [0.5, 0.6) is 5.75 Å². The Morgan fingerprint density at radius 3 is 2.79 bits per heavy atom. The van der Waals surface area contributed by atoms with Gasteiger partial charge in [-0.3, -0.25) is 0 Å². The number of para-hydroxylation sites is 1. The molecule has 0 amide bonds. The second-order valence-corrected chi connectivity index (χ2v) is 5.59. The van der Waals surface area contributed by atoms with Gasteiger partial charge >= 0.3 is 0 Å². The lowest BCUT2D eigenvalue weighted by atomic mass is 10.2. The lowest BCUT2D eigenvalue weighted by Crippen LogP contribution is -2.03. The number of fused-ring (bicyclic) bond motifs is 1. The van der Waals surface area contributed by atoms with Gasteiger partial charge in [0.15, 0.2) is 6.10 Å². The molecule has 0 bridgehead atoms. The predicted molar refractivity (Wildman–Crippen MR) is 89.5 cm³/mol. The lowest BCUT2D eigenvalue weighted by Gasteiger charge is -2.09. The number of hydrogen-bond donors (Lipinski definition) is 0. The van der Waals surface area contributed by atoms with Crippen LogP contribution in [-0.2, 0) is 7.05 Å². The Balaban J connectivity index is 1.60. The summed E-state index contributed by atoms with van der Waals surface area (Å²) in [6, 6.07) is 15.5. The normalized spacial score (nSPS) is 12.4. The Morgan fingerprint density at radius 1 is 1.12 bits per heavy atom. The molecule has 6 nitrogen and oxygen atoms in total. The molecule has 1 atom stereocenters. The van der Waals surface area contributed by atoms with Crippen molar-refractivity contribution in [2.45, 2.75) is 13.0 Å². The van der Waals surface area contributed by atoms with Crippen molar-refractivity contribution < 1.29 is 9.26 Å². The van der Waals surface area contributed by atoms with Crippen molar-refractivity contribution in [2.24, 2.45) is 7.05 Å². The molecular weight excluding hydrogens is 304 g/mol. The summed E-state index contributed by atoms with van der Waals surface area (Å²) >= 11 is 0. The summed E-state index contributed by atoms with van der Waals surface area (Å²) in [5, 5.41) is 4.07. The third kappa shape index (κ3) is 2.62. The summed E-state index contributed by atoms with van der Waals surface area (Å²) in [6.45, 7) is 1.88. The fourth-order valence-corrected chi connectivity index (χ4v) is 2.54. The van der Waals surface area contributed by atoms with Crippen molar-refractivity contribution in [3.8, 4) is 17.1 Å². The Labute approximate surface area is 138 Å². The van der Waals surface area contributed by atoms with Crippen LogP contribution >= 0.6 is 0 Å². The van der Waals surface area contributed by atoms with Crippen LogP contribution in [0, 0.1) is 0 Å². The molecule has 0 saturated carbocycles. The predicted octanol–water partition coefficient (Wildman–Crippen LogP) is 3.76. The molecule has 0 spiro atoms. The minimum absolute atomic E-state index is 0.325. The van der Waals surface area contributed by atoms with Crippen molar-refractivity contribution >= 4 is 11.0 Å². The maximum absolute atomic E-state index is 5.82. The monoisotopic (exact) mass is 320 g/mol. The van der Waals surface area contributed by atoms with E-state index in [0.717, 1.165) is 22.3 Å². The van der Waals surface area contributed by atoms with Gasteiger partial charge in [0.25, 0.3) is 5.89 Å². The third-order valence-corrected chi connectivity index (χ3v) is 3.83. The SMILES string of the molecule is CC(Oc1ccccc1)c1nc(-c2ccc3ncn(C)c3c2)no1. The number of benzene rings is 2. The highest BCUT2D eigenvalue weighted by molar-refractivity contribution is 5.80. The molecule has 24 heavy (non-hydrogen) atoms. The van der Waals surface area contributed by atoms with Gasteiger partial charge < -0.3 is 13.8 Å². The van der Waals surface area contributed by atoms with Crippen LogP contribution in [0.4, 0.5) is 0 Å². The Kier molecular flexibility index (Phi) is 3.49. The van der Waals surface area contributed by atoms with E-state index in [1.807, 2.05) is 67.1 Å². The molecule has 2 aromatic heterocycles. The largest absolute Gasteiger partial charge is 0.481 e. The molecule has 4 aromatic rings. The van der Waals surface area contributed by atoms with Crippen LogP contribution in [-0.4, -0.2) is 19.7 Å². The van der Waals surface area contributed by atoms with Gasteiger partial charge in [0.1, 0.15) is 5.75 Å². The Hall–Kier alpha value is -3.15. The summed E-state index contributed by atoms with van der Waals surface area (Å²) < 4.78 is 13.1. The van der Waals surface area contributed by atoms with Crippen molar-refractivity contribution in [3.63, 3.8) is 0 Å². The van der Waals surface area contributed by atoms with E-state index in [1.165, 1.54) is 0 Å². The van der Waals surface area contributed by atoms with Crippen LogP contribution in [0.2, 0.25) is 0 Å². The third-order valence-electron chi connectivity index (χ3n) is 3.83. The lowest BCUT2D eigenvalue weighted by molar-refractivity contribution is 0.176. The van der Waals surface area contributed by atoms with Gasteiger partial charge in [-0.2, -0.15) is 4.98 Å². The molecule has 0 saturated heterocycles. The summed E-state index contributed by atoms with van der Waals surface area (Å²) in [5.74, 6) is 1.75. The van der Waals surface area contributed by atoms with Crippen molar-refractivity contribution in [3.05, 3.63) is 60.7 Å². The van der Waals surface area contributed by atoms with E-state index in [1.54, 1.807) is 6.33 Å². The second-order valence-electron chi connectivity index (χ2n) is 5.59. The van der Waals surface area contributed by atoms with Crippen LogP contribution in [0.3, 0.4) is 0 Å². The van der Waals surface area contributed by atoms with Gasteiger partial charge in [0, 0.05) is 12.6 Å². The molecule has 120 valence electrons. The molecule has 6 heteroatoms. The quantitative estimate of drug-likeness (QED) is 0.573. The van der Waals surface area contributed by atoms with E-state index < -0.39 is 0 Å². The van der Waals surface area contributed by atoms with Gasteiger partial charge in [-0.05, 0) is 37.3 Å². The molecule has 0 aliphatic heterocycles. The number of aryl methyl sites for hydroxylation is 1. The molecule has 1 unspecified atom stereocenters. The molecule has 2 aromatic carbocycles. The maximum Gasteiger partial charge on any atom is 0.267 e. The van der Waals surface area contributed by atoms with E-state index in [2.05, 4.69) is 15.1 Å². The Bertz CT molecular complexity index is 975. The number of imidazole rings is 1. The Morgan fingerprint density at radius 2 is 1.96 bits per heavy atom. The first kappa shape index (κ1) is 14.4. The number of hydrogen-bond acceptors (Lipinski definition) is 5. The minimum Gasteiger partial charge on any atom is -0.481 e. The van der Waals surface area contributed by atoms with Gasteiger partial charge in [-0.15, -0.1) is 0 Å². The molecule has 2 heterocycles. The molecule has 0 radical (unpaired) electrons. The van der Waals surface area contributed by atoms with Crippen LogP contribution in [0.25, 0.3) is 22.4 Å². The number of aromatic nitrogens is 4. The van der Waals surface area contributed by atoms with E-state index in [9.17, 15) is 0 Å². The zero-order valence-electron chi connectivity index (χ0n) is 13.4. The summed E-state index contributed by atoms with van der Waals surface area (Å²) in [4.78, 5) is 8.78. The summed E-state index contributed by atoms with van der Waals surface area (Å²) in [6.07, 6.45) is 1.46. The molecule has 0 N–H and O–H groups in total. The number of ether oxygens (including phenoxy) is 1. The zero-order valence-corrected chi connectivity index (χ0v) is 13.4. The number of nitrogens with zero attached hydrogens (tertiary/aromatic N) is 4. The van der Waals surface area contributed by atoms with Crippen LogP contribution in [0.1, 0.15) is 18.9 Å². The highest BCUT2D eigenvalue weighted by Gasteiger charge is 2.17. The van der Waals surface area contributed by atoms with E-state index >= 15 is 0 Å². The molecule has 4 rings (SSSR count). The van der Waals surface area contributed by atoms with Crippen molar-refractivity contribution in [1.29, 1.82) is 0 Å². The zero-order chi connectivity index (χ0) is 16.5. The fourth-order valence-electron chi connectivity index (χ4n) is 2.54. The number of rotatable bonds is 4. The van der Waals surface area contributed by atoms with Gasteiger partial charge in [0.05, 0.1) is 17.4 Å². The van der Waals surface area contributed by atoms with E-state index in [-0.39, 0.29) is 6.10 Å². The minimum atomic E-state index is -0.325. The maximum atomic E-state index is 5.82. The average Bonchev–Trinajstić information content (AvgIpc) is 3.23. The second kappa shape index (κ2) is 5.81. The molecule has 0 aliphatic carbocycles. The van der Waals surface area contributed by atoms with E-state index in [0.29, 0.717) is 11.7 Å². The van der Waals surface area contributed by atoms with Crippen molar-refractivity contribution in [2.75, 3.05) is 0 Å². The topological polar surface area (TPSA) is 66.0 Å². The fraction of sp³-hybridized carbons (Fsp3) is 0.167. The summed E-state index contributed by atoms with van der Waals surface area (Å²) in [5.41, 5.74) is 2.84. The first-order chi connectivity index (χ1) is 11.7.